The Balaban J connectivity index is 4.04. The molecule has 0 radical (unpaired) electrons. The fraction of sp³-hybridized carbons (Fsp3) is 0.889. The molecule has 1 amide bonds. The first kappa shape index (κ1) is 13.2. The lowest BCUT2D eigenvalue weighted by atomic mass is 10.2. The third kappa shape index (κ3) is 5.77. The standard InChI is InChI=1S/C9H19NO4/c1-5-6(7(11)12)10-8(13)14-9(2,3)4/h6-7,11-12H,5H2,1-4H3,(H,10,13)/t6-/m1/s1. The molecule has 0 aromatic heterocycles. The molecule has 84 valence electrons. The van der Waals surface area contributed by atoms with Crippen LogP contribution in [0.25, 0.3) is 0 Å². The predicted molar refractivity (Wildman–Crippen MR) is 51.7 cm³/mol. The Hall–Kier alpha value is -0.810. The highest BCUT2D eigenvalue weighted by atomic mass is 16.6. The van der Waals surface area contributed by atoms with E-state index in [0.29, 0.717) is 6.42 Å². The zero-order chi connectivity index (χ0) is 11.4. The molecule has 5 heteroatoms. The average molecular weight is 205 g/mol. The van der Waals surface area contributed by atoms with Crippen LogP contribution in [0.2, 0.25) is 0 Å². The van der Waals surface area contributed by atoms with Crippen LogP contribution >= 0.6 is 0 Å². The second-order valence-electron chi connectivity index (χ2n) is 4.07. The van der Waals surface area contributed by atoms with Crippen LogP contribution in [0.4, 0.5) is 4.79 Å². The van der Waals surface area contributed by atoms with Crippen molar-refractivity contribution in [3.05, 3.63) is 0 Å². The Morgan fingerprint density at radius 3 is 2.21 bits per heavy atom. The molecule has 0 aliphatic carbocycles. The maximum absolute atomic E-state index is 11.2. The van der Waals surface area contributed by atoms with E-state index in [9.17, 15) is 4.79 Å². The second kappa shape index (κ2) is 5.17. The minimum atomic E-state index is -1.56. The number of carbonyl (C=O) groups excluding carboxylic acids is 1. The first-order valence-corrected chi connectivity index (χ1v) is 4.62. The van der Waals surface area contributed by atoms with Crippen LogP contribution in [0.5, 0.6) is 0 Å². The van der Waals surface area contributed by atoms with Gasteiger partial charge in [-0.25, -0.2) is 4.79 Å². The maximum atomic E-state index is 11.2. The first-order valence-electron chi connectivity index (χ1n) is 4.62. The van der Waals surface area contributed by atoms with Gasteiger partial charge in [-0.1, -0.05) is 6.92 Å². The van der Waals surface area contributed by atoms with Crippen molar-refractivity contribution in [1.29, 1.82) is 0 Å². The number of ether oxygens (including phenoxy) is 1. The Morgan fingerprint density at radius 2 is 1.93 bits per heavy atom. The summed E-state index contributed by atoms with van der Waals surface area (Å²) in [5, 5.41) is 20.1. The molecule has 0 heterocycles. The van der Waals surface area contributed by atoms with Crippen molar-refractivity contribution in [3.8, 4) is 0 Å². The van der Waals surface area contributed by atoms with Crippen molar-refractivity contribution in [2.45, 2.75) is 52.0 Å². The molecule has 1 atom stereocenters. The molecule has 14 heavy (non-hydrogen) atoms. The molecule has 0 spiro atoms. The van der Waals surface area contributed by atoms with Gasteiger partial charge in [0, 0.05) is 0 Å². The highest BCUT2D eigenvalue weighted by Gasteiger charge is 2.21. The molecule has 0 aliphatic heterocycles. The predicted octanol–water partition coefficient (Wildman–Crippen LogP) is 0.600. The zero-order valence-corrected chi connectivity index (χ0v) is 9.07. The Labute approximate surface area is 84.1 Å². The van der Waals surface area contributed by atoms with Gasteiger partial charge in [0.15, 0.2) is 6.29 Å². The molecular formula is C9H19NO4. The van der Waals surface area contributed by atoms with E-state index in [1.54, 1.807) is 27.7 Å². The first-order chi connectivity index (χ1) is 6.26. The molecule has 0 saturated heterocycles. The summed E-state index contributed by atoms with van der Waals surface area (Å²) < 4.78 is 4.95. The summed E-state index contributed by atoms with van der Waals surface area (Å²) in [6.07, 6.45) is -1.78. The SMILES string of the molecule is CC[C@@H](NC(=O)OC(C)(C)C)C(O)O. The quantitative estimate of drug-likeness (QED) is 0.589. The number of hydrogen-bond donors (Lipinski definition) is 3. The van der Waals surface area contributed by atoms with Gasteiger partial charge in [0.25, 0.3) is 0 Å². The van der Waals surface area contributed by atoms with E-state index in [1.165, 1.54) is 0 Å². The van der Waals surface area contributed by atoms with Crippen LogP contribution in [0.3, 0.4) is 0 Å². The van der Waals surface area contributed by atoms with Crippen LogP contribution in [0.1, 0.15) is 34.1 Å². The zero-order valence-electron chi connectivity index (χ0n) is 9.07. The van der Waals surface area contributed by atoms with Crippen molar-refractivity contribution < 1.29 is 19.7 Å². The highest BCUT2D eigenvalue weighted by Crippen LogP contribution is 2.07. The topological polar surface area (TPSA) is 78.8 Å². The number of alkyl carbamates (subject to hydrolysis) is 1. The van der Waals surface area contributed by atoms with Crippen molar-refractivity contribution in [2.75, 3.05) is 0 Å². The maximum Gasteiger partial charge on any atom is 0.408 e. The van der Waals surface area contributed by atoms with Gasteiger partial charge in [0.2, 0.25) is 0 Å². The van der Waals surface area contributed by atoms with Gasteiger partial charge in [-0.2, -0.15) is 0 Å². The van der Waals surface area contributed by atoms with Crippen molar-refractivity contribution in [1.82, 2.24) is 5.32 Å². The molecule has 3 N–H and O–H groups in total. The Kier molecular flexibility index (Phi) is 4.87. The fourth-order valence-electron chi connectivity index (χ4n) is 0.846. The number of amides is 1. The van der Waals surface area contributed by atoms with E-state index in [0.717, 1.165) is 0 Å². The minimum absolute atomic E-state index is 0.427. The number of aliphatic hydroxyl groups excluding tert-OH is 1. The number of aliphatic hydroxyl groups is 2. The molecular weight excluding hydrogens is 186 g/mol. The van der Waals surface area contributed by atoms with E-state index in [-0.39, 0.29) is 0 Å². The fourth-order valence-corrected chi connectivity index (χ4v) is 0.846. The van der Waals surface area contributed by atoms with E-state index in [2.05, 4.69) is 5.32 Å². The highest BCUT2D eigenvalue weighted by molar-refractivity contribution is 5.68. The number of nitrogens with one attached hydrogen (secondary N) is 1. The Morgan fingerprint density at radius 1 is 1.43 bits per heavy atom. The molecule has 0 fully saturated rings. The molecule has 0 bridgehead atoms. The Bertz CT molecular complexity index is 186. The minimum Gasteiger partial charge on any atom is -0.444 e. The molecule has 5 nitrogen and oxygen atoms in total. The van der Waals surface area contributed by atoms with Crippen LogP contribution in [0, 0.1) is 0 Å². The molecule has 0 aromatic rings. The van der Waals surface area contributed by atoms with E-state index in [1.807, 2.05) is 0 Å². The van der Waals surface area contributed by atoms with E-state index >= 15 is 0 Å². The smallest absolute Gasteiger partial charge is 0.408 e. The van der Waals surface area contributed by atoms with Gasteiger partial charge in [0.1, 0.15) is 5.60 Å². The van der Waals surface area contributed by atoms with Crippen molar-refractivity contribution >= 4 is 6.09 Å². The largest absolute Gasteiger partial charge is 0.444 e. The van der Waals surface area contributed by atoms with Crippen molar-refractivity contribution in [2.24, 2.45) is 0 Å². The lowest BCUT2D eigenvalue weighted by Crippen LogP contribution is -2.45. The normalized spacial score (nSPS) is 13.9. The monoisotopic (exact) mass is 205 g/mol. The van der Waals surface area contributed by atoms with Crippen LogP contribution in [-0.4, -0.2) is 34.2 Å². The number of rotatable bonds is 3. The lowest BCUT2D eigenvalue weighted by Gasteiger charge is -2.23. The van der Waals surface area contributed by atoms with Crippen LogP contribution in [-0.2, 0) is 4.74 Å². The van der Waals surface area contributed by atoms with Crippen molar-refractivity contribution in [3.63, 3.8) is 0 Å². The van der Waals surface area contributed by atoms with Gasteiger partial charge < -0.3 is 20.3 Å². The summed E-state index contributed by atoms with van der Waals surface area (Å²) in [6.45, 7) is 6.95. The molecule has 0 aliphatic rings. The van der Waals surface area contributed by atoms with Gasteiger partial charge in [0.05, 0.1) is 6.04 Å². The average Bonchev–Trinajstić information content (AvgIpc) is 1.96. The van der Waals surface area contributed by atoms with Gasteiger partial charge in [-0.15, -0.1) is 0 Å². The van der Waals surface area contributed by atoms with Gasteiger partial charge >= 0.3 is 6.09 Å². The van der Waals surface area contributed by atoms with Gasteiger partial charge in [-0.3, -0.25) is 0 Å². The summed E-state index contributed by atoms with van der Waals surface area (Å²) in [7, 11) is 0. The third-order valence-electron chi connectivity index (χ3n) is 1.50. The molecule has 0 rings (SSSR count). The molecule has 0 saturated carbocycles. The van der Waals surface area contributed by atoms with Crippen LogP contribution < -0.4 is 5.32 Å². The summed E-state index contributed by atoms with van der Waals surface area (Å²) in [4.78, 5) is 11.2. The summed E-state index contributed by atoms with van der Waals surface area (Å²) >= 11 is 0. The summed E-state index contributed by atoms with van der Waals surface area (Å²) in [6, 6.07) is -0.690. The second-order valence-corrected chi connectivity index (χ2v) is 4.07. The lowest BCUT2D eigenvalue weighted by molar-refractivity contribution is -0.0688. The molecule has 0 unspecified atom stereocenters. The van der Waals surface area contributed by atoms with E-state index in [4.69, 9.17) is 14.9 Å². The third-order valence-corrected chi connectivity index (χ3v) is 1.50. The van der Waals surface area contributed by atoms with Crippen LogP contribution in [0.15, 0.2) is 0 Å². The number of hydrogen-bond acceptors (Lipinski definition) is 4. The van der Waals surface area contributed by atoms with E-state index < -0.39 is 24.0 Å². The number of carbonyl (C=O) groups is 1. The summed E-state index contributed by atoms with van der Waals surface area (Å²) in [5.41, 5.74) is -0.581. The van der Waals surface area contributed by atoms with Gasteiger partial charge in [-0.05, 0) is 27.2 Å². The molecule has 0 aromatic carbocycles. The summed E-state index contributed by atoms with van der Waals surface area (Å²) in [5.74, 6) is 0.